The molecule has 2 aliphatic rings. The lowest BCUT2D eigenvalue weighted by Crippen LogP contribution is -2.26. The Bertz CT molecular complexity index is 711. The second-order valence-electron chi connectivity index (χ2n) is 5.74. The van der Waals surface area contributed by atoms with Crippen LogP contribution in [0.3, 0.4) is 0 Å². The van der Waals surface area contributed by atoms with E-state index in [-0.39, 0.29) is 5.91 Å². The molecule has 4 rings (SSSR count). The Morgan fingerprint density at radius 2 is 2.05 bits per heavy atom. The van der Waals surface area contributed by atoms with Crippen LogP contribution >= 0.6 is 0 Å². The molecule has 1 aliphatic heterocycles. The zero-order chi connectivity index (χ0) is 13.5. The van der Waals surface area contributed by atoms with Gasteiger partial charge in [0.15, 0.2) is 0 Å². The Hall–Kier alpha value is -2.03. The highest BCUT2D eigenvalue weighted by Crippen LogP contribution is 2.32. The fourth-order valence-corrected chi connectivity index (χ4v) is 3.34. The van der Waals surface area contributed by atoms with Gasteiger partial charge in [0.05, 0.1) is 6.26 Å². The Morgan fingerprint density at radius 1 is 1.15 bits per heavy atom. The topological polar surface area (TPSA) is 33.5 Å². The lowest BCUT2D eigenvalue weighted by Gasteiger charge is -2.16. The fourth-order valence-electron chi connectivity index (χ4n) is 3.34. The Morgan fingerprint density at radius 3 is 2.95 bits per heavy atom. The van der Waals surface area contributed by atoms with E-state index in [4.69, 9.17) is 4.42 Å². The molecule has 0 saturated carbocycles. The van der Waals surface area contributed by atoms with E-state index in [0.29, 0.717) is 6.54 Å². The number of hydrogen-bond donors (Lipinski definition) is 0. The van der Waals surface area contributed by atoms with Crippen molar-refractivity contribution in [3.63, 3.8) is 0 Å². The van der Waals surface area contributed by atoms with Crippen molar-refractivity contribution in [1.29, 1.82) is 0 Å². The molecule has 0 unspecified atom stereocenters. The van der Waals surface area contributed by atoms with Crippen molar-refractivity contribution in [1.82, 2.24) is 4.90 Å². The van der Waals surface area contributed by atoms with Crippen LogP contribution < -0.4 is 0 Å². The van der Waals surface area contributed by atoms with Crippen LogP contribution in [-0.2, 0) is 11.3 Å². The molecule has 1 aromatic carbocycles. The summed E-state index contributed by atoms with van der Waals surface area (Å²) in [7, 11) is 0. The molecule has 1 aromatic heterocycles. The van der Waals surface area contributed by atoms with Crippen LogP contribution in [0.1, 0.15) is 31.2 Å². The van der Waals surface area contributed by atoms with Crippen LogP contribution in [0.25, 0.3) is 11.0 Å². The van der Waals surface area contributed by atoms with Gasteiger partial charge in [0.2, 0.25) is 5.91 Å². The van der Waals surface area contributed by atoms with Gasteiger partial charge in [0.1, 0.15) is 5.58 Å². The second-order valence-corrected chi connectivity index (χ2v) is 5.74. The second kappa shape index (κ2) is 4.51. The van der Waals surface area contributed by atoms with Crippen LogP contribution in [0.2, 0.25) is 0 Å². The van der Waals surface area contributed by atoms with Gasteiger partial charge in [0.25, 0.3) is 0 Å². The molecule has 0 N–H and O–H groups in total. The summed E-state index contributed by atoms with van der Waals surface area (Å²) < 4.78 is 5.43. The smallest absolute Gasteiger partial charge is 0.250 e. The predicted molar refractivity (Wildman–Crippen MR) is 77.1 cm³/mol. The van der Waals surface area contributed by atoms with Gasteiger partial charge < -0.3 is 9.32 Å². The maximum absolute atomic E-state index is 12.4. The SMILES string of the molecule is O=C1C2=C(CCCC2)CN1Cc1ccc2ccoc2c1. The lowest BCUT2D eigenvalue weighted by atomic mass is 9.94. The van der Waals surface area contributed by atoms with Crippen molar-refractivity contribution < 1.29 is 9.21 Å². The van der Waals surface area contributed by atoms with Crippen LogP contribution in [0, 0.1) is 0 Å². The number of nitrogens with zero attached hydrogens (tertiary/aromatic N) is 1. The summed E-state index contributed by atoms with van der Waals surface area (Å²) >= 11 is 0. The molecule has 2 heterocycles. The van der Waals surface area contributed by atoms with Gasteiger partial charge in [-0.3, -0.25) is 4.79 Å². The van der Waals surface area contributed by atoms with E-state index >= 15 is 0 Å². The van der Waals surface area contributed by atoms with Crippen LogP contribution in [-0.4, -0.2) is 17.4 Å². The lowest BCUT2D eigenvalue weighted by molar-refractivity contribution is -0.126. The summed E-state index contributed by atoms with van der Waals surface area (Å²) in [5.74, 6) is 0.249. The van der Waals surface area contributed by atoms with Gasteiger partial charge in [0, 0.05) is 24.0 Å². The highest BCUT2D eigenvalue weighted by molar-refractivity contribution is 5.97. The monoisotopic (exact) mass is 267 g/mol. The number of rotatable bonds is 2. The molecule has 0 atom stereocenters. The van der Waals surface area contributed by atoms with Crippen molar-refractivity contribution in [2.75, 3.05) is 6.54 Å². The quantitative estimate of drug-likeness (QED) is 0.832. The summed E-state index contributed by atoms with van der Waals surface area (Å²) in [6.07, 6.45) is 6.18. The van der Waals surface area contributed by atoms with Gasteiger partial charge in [-0.2, -0.15) is 0 Å². The first-order valence-corrected chi connectivity index (χ1v) is 7.27. The van der Waals surface area contributed by atoms with Gasteiger partial charge in [-0.25, -0.2) is 0 Å². The average molecular weight is 267 g/mol. The van der Waals surface area contributed by atoms with E-state index in [1.54, 1.807) is 6.26 Å². The minimum absolute atomic E-state index is 0.249. The standard InChI is InChI=1S/C17H17NO2/c19-17-15-4-2-1-3-14(15)11-18(17)10-12-5-6-13-7-8-20-16(13)9-12/h5-9H,1-4,10-11H2. The number of hydrogen-bond acceptors (Lipinski definition) is 2. The number of carbonyl (C=O) groups is 1. The summed E-state index contributed by atoms with van der Waals surface area (Å²) in [6.45, 7) is 1.51. The van der Waals surface area contributed by atoms with Crippen LogP contribution in [0.15, 0.2) is 46.1 Å². The molecule has 2 aromatic rings. The zero-order valence-electron chi connectivity index (χ0n) is 11.4. The third-order valence-electron chi connectivity index (χ3n) is 4.40. The fraction of sp³-hybridized carbons (Fsp3) is 0.353. The van der Waals surface area contributed by atoms with Gasteiger partial charge in [-0.1, -0.05) is 12.1 Å². The number of benzene rings is 1. The molecule has 0 radical (unpaired) electrons. The molecule has 0 spiro atoms. The summed E-state index contributed by atoms with van der Waals surface area (Å²) in [4.78, 5) is 14.4. The maximum atomic E-state index is 12.4. The molecule has 3 nitrogen and oxygen atoms in total. The third-order valence-corrected chi connectivity index (χ3v) is 4.40. The van der Waals surface area contributed by atoms with Gasteiger partial charge in [-0.05, 0) is 49.0 Å². The van der Waals surface area contributed by atoms with Crippen molar-refractivity contribution in [3.05, 3.63) is 47.2 Å². The van der Waals surface area contributed by atoms with E-state index in [0.717, 1.165) is 47.9 Å². The molecule has 0 fully saturated rings. The Labute approximate surface area is 117 Å². The molecule has 1 amide bonds. The molecular formula is C17H17NO2. The highest BCUT2D eigenvalue weighted by Gasteiger charge is 2.31. The molecule has 20 heavy (non-hydrogen) atoms. The summed E-state index contributed by atoms with van der Waals surface area (Å²) in [5.41, 5.74) is 4.50. The maximum Gasteiger partial charge on any atom is 0.250 e. The number of amides is 1. The van der Waals surface area contributed by atoms with E-state index in [2.05, 4.69) is 12.1 Å². The van der Waals surface area contributed by atoms with Crippen molar-refractivity contribution in [2.45, 2.75) is 32.2 Å². The summed E-state index contributed by atoms with van der Waals surface area (Å²) in [6, 6.07) is 8.14. The normalized spacial score (nSPS) is 19.0. The molecular weight excluding hydrogens is 250 g/mol. The van der Waals surface area contributed by atoms with E-state index < -0.39 is 0 Å². The van der Waals surface area contributed by atoms with Gasteiger partial charge in [-0.15, -0.1) is 0 Å². The van der Waals surface area contributed by atoms with E-state index in [1.165, 1.54) is 12.0 Å². The van der Waals surface area contributed by atoms with Crippen LogP contribution in [0.4, 0.5) is 0 Å². The average Bonchev–Trinajstić information content (AvgIpc) is 3.05. The Balaban J connectivity index is 1.56. The Kier molecular flexibility index (Phi) is 2.66. The third kappa shape index (κ3) is 1.85. The first-order valence-electron chi connectivity index (χ1n) is 7.27. The van der Waals surface area contributed by atoms with Crippen molar-refractivity contribution >= 4 is 16.9 Å². The molecule has 3 heteroatoms. The molecule has 0 saturated heterocycles. The first-order chi connectivity index (χ1) is 9.81. The summed E-state index contributed by atoms with van der Waals surface area (Å²) in [5, 5.41) is 1.11. The van der Waals surface area contributed by atoms with E-state index in [1.807, 2.05) is 17.0 Å². The van der Waals surface area contributed by atoms with Crippen molar-refractivity contribution in [3.8, 4) is 0 Å². The van der Waals surface area contributed by atoms with Crippen molar-refractivity contribution in [2.24, 2.45) is 0 Å². The molecule has 102 valence electrons. The largest absolute Gasteiger partial charge is 0.464 e. The number of furan rings is 1. The first kappa shape index (κ1) is 11.8. The molecule has 0 bridgehead atoms. The minimum Gasteiger partial charge on any atom is -0.464 e. The zero-order valence-corrected chi connectivity index (χ0v) is 11.4. The molecule has 1 aliphatic carbocycles. The highest BCUT2D eigenvalue weighted by atomic mass is 16.3. The number of fused-ring (bicyclic) bond motifs is 1. The van der Waals surface area contributed by atoms with Gasteiger partial charge >= 0.3 is 0 Å². The minimum atomic E-state index is 0.249. The predicted octanol–water partition coefficient (Wildman–Crippen LogP) is 3.65. The van der Waals surface area contributed by atoms with Crippen LogP contribution in [0.5, 0.6) is 0 Å². The van der Waals surface area contributed by atoms with E-state index in [9.17, 15) is 4.79 Å². The number of carbonyl (C=O) groups excluding carboxylic acids is 1.